The van der Waals surface area contributed by atoms with Crippen LogP contribution in [0.5, 0.6) is 0 Å². The first kappa shape index (κ1) is 27.5. The summed E-state index contributed by atoms with van der Waals surface area (Å²) in [6.07, 6.45) is -2.39. The third kappa shape index (κ3) is 5.26. The lowest BCUT2D eigenvalue weighted by atomic mass is 9.94. The molecule has 2 aromatic carbocycles. The van der Waals surface area contributed by atoms with Crippen LogP contribution in [0, 0.1) is 0 Å². The second kappa shape index (κ2) is 9.85. The van der Waals surface area contributed by atoms with E-state index in [0.29, 0.717) is 25.3 Å². The van der Waals surface area contributed by atoms with Gasteiger partial charge >= 0.3 is 6.18 Å². The van der Waals surface area contributed by atoms with Gasteiger partial charge in [0, 0.05) is 21.3 Å². The van der Waals surface area contributed by atoms with E-state index in [0.717, 1.165) is 37.7 Å². The average Bonchev–Trinajstić information content (AvgIpc) is 3.66. The van der Waals surface area contributed by atoms with Crippen LogP contribution in [0.25, 0.3) is 26.9 Å². The number of fused-ring (bicyclic) bond motifs is 1. The van der Waals surface area contributed by atoms with Crippen molar-refractivity contribution in [3.05, 3.63) is 95.0 Å². The van der Waals surface area contributed by atoms with E-state index < -0.39 is 33.1 Å². The van der Waals surface area contributed by atoms with Crippen molar-refractivity contribution in [1.82, 2.24) is 9.71 Å². The zero-order valence-electron chi connectivity index (χ0n) is 21.3. The minimum Gasteiger partial charge on any atom is -0.376 e. The molecule has 1 aliphatic rings. The van der Waals surface area contributed by atoms with Gasteiger partial charge < -0.3 is 5.11 Å². The van der Waals surface area contributed by atoms with Gasteiger partial charge in [-0.2, -0.15) is 13.2 Å². The van der Waals surface area contributed by atoms with E-state index in [9.17, 15) is 26.7 Å². The fourth-order valence-corrected chi connectivity index (χ4v) is 7.38. The van der Waals surface area contributed by atoms with Gasteiger partial charge in [0.2, 0.25) is 10.0 Å². The topological polar surface area (TPSA) is 79.3 Å². The number of aliphatic hydroxyl groups is 1. The van der Waals surface area contributed by atoms with Gasteiger partial charge in [0.1, 0.15) is 0 Å². The highest BCUT2D eigenvalue weighted by Crippen LogP contribution is 2.43. The highest BCUT2D eigenvalue weighted by Gasteiger charge is 2.51. The minimum atomic E-state index is -4.86. The zero-order chi connectivity index (χ0) is 28.2. The largest absolute Gasteiger partial charge is 0.421 e. The molecule has 2 N–H and O–H groups in total. The summed E-state index contributed by atoms with van der Waals surface area (Å²) in [5.41, 5.74) is -0.113. The van der Waals surface area contributed by atoms with Gasteiger partial charge in [-0.1, -0.05) is 54.6 Å². The maximum atomic E-state index is 13.5. The summed E-state index contributed by atoms with van der Waals surface area (Å²) in [7, 11) is -3.58. The molecular formula is C29H27F3N2O3S2. The summed E-state index contributed by atoms with van der Waals surface area (Å²) in [5.74, 6) is 0. The highest BCUT2D eigenvalue weighted by atomic mass is 32.2. The van der Waals surface area contributed by atoms with Crippen molar-refractivity contribution < 1.29 is 26.7 Å². The second-order valence-electron chi connectivity index (χ2n) is 10.0. The summed E-state index contributed by atoms with van der Waals surface area (Å²) in [6.45, 7) is 6.64. The third-order valence-electron chi connectivity index (χ3n) is 6.97. The molecule has 10 heteroatoms. The van der Waals surface area contributed by atoms with E-state index in [-0.39, 0.29) is 11.3 Å². The first-order valence-electron chi connectivity index (χ1n) is 12.3. The number of benzene rings is 2. The van der Waals surface area contributed by atoms with Crippen molar-refractivity contribution in [2.75, 3.05) is 0 Å². The van der Waals surface area contributed by atoms with Crippen LogP contribution in [0.15, 0.2) is 73.4 Å². The summed E-state index contributed by atoms with van der Waals surface area (Å²) in [5, 5.41) is 10.6. The maximum Gasteiger partial charge on any atom is 0.421 e. The first-order chi connectivity index (χ1) is 18.3. The zero-order valence-corrected chi connectivity index (χ0v) is 22.9. The molecule has 4 aromatic rings. The summed E-state index contributed by atoms with van der Waals surface area (Å²) in [4.78, 5) is 5.03. The fraction of sp³-hybridized carbons (Fsp3) is 0.276. The first-order valence-corrected chi connectivity index (χ1v) is 14.7. The van der Waals surface area contributed by atoms with Crippen LogP contribution < -0.4 is 4.72 Å². The number of hydrogen-bond donors (Lipinski definition) is 2. The molecule has 2 aromatic heterocycles. The van der Waals surface area contributed by atoms with E-state index in [2.05, 4.69) is 16.3 Å². The SMILES string of the molecule is C=C(C)c1ccccc1C(NS(=O)(=O)C1CC1)c1cc2cccc(-c3cc([C@](C)(O)C(F)(F)F)ccn3)c2s1. The van der Waals surface area contributed by atoms with E-state index in [1.807, 2.05) is 43.3 Å². The van der Waals surface area contributed by atoms with Crippen LogP contribution in [0.4, 0.5) is 13.2 Å². The molecule has 0 spiro atoms. The van der Waals surface area contributed by atoms with Crippen LogP contribution in [-0.4, -0.2) is 29.9 Å². The standard InChI is InChI=1S/C29H27F3N2O3S2/c1-17(2)21-8-4-5-9-22(21)26(34-39(36,37)20-11-12-20)25-15-18-7-6-10-23(27(18)38-25)24-16-19(13-14-33-24)28(3,35)29(30,31)32/h4-10,13-16,20,26,34-35H,1,11-12H2,2-3H3/t26?,28-/m0/s1. The van der Waals surface area contributed by atoms with Gasteiger partial charge in [0.05, 0.1) is 17.0 Å². The Morgan fingerprint density at radius 2 is 1.85 bits per heavy atom. The second-order valence-corrected chi connectivity index (χ2v) is 13.1. The molecule has 1 unspecified atom stereocenters. The number of rotatable bonds is 8. The normalized spacial score (nSPS) is 16.7. The van der Waals surface area contributed by atoms with Crippen LogP contribution in [0.2, 0.25) is 0 Å². The Kier molecular flexibility index (Phi) is 6.95. The van der Waals surface area contributed by atoms with Crippen molar-refractivity contribution in [3.63, 3.8) is 0 Å². The molecule has 5 rings (SSSR count). The number of sulfonamides is 1. The molecule has 1 fully saturated rings. The lowest BCUT2D eigenvalue weighted by Crippen LogP contribution is -2.39. The summed E-state index contributed by atoms with van der Waals surface area (Å²) >= 11 is 1.35. The Morgan fingerprint density at radius 3 is 2.51 bits per heavy atom. The number of halogens is 3. The van der Waals surface area contributed by atoms with Gasteiger partial charge in [0.15, 0.2) is 5.60 Å². The highest BCUT2D eigenvalue weighted by molar-refractivity contribution is 7.90. The quantitative estimate of drug-likeness (QED) is 0.240. The average molecular weight is 573 g/mol. The van der Waals surface area contributed by atoms with Crippen molar-refractivity contribution in [2.24, 2.45) is 0 Å². The number of thiophene rings is 1. The van der Waals surface area contributed by atoms with Crippen molar-refractivity contribution >= 4 is 37.0 Å². The number of hydrogen-bond acceptors (Lipinski definition) is 5. The Labute approximate surface area is 229 Å². The van der Waals surface area contributed by atoms with Crippen LogP contribution >= 0.6 is 11.3 Å². The molecule has 204 valence electrons. The molecule has 5 nitrogen and oxygen atoms in total. The van der Waals surface area contributed by atoms with Crippen LogP contribution in [-0.2, 0) is 15.6 Å². The third-order valence-corrected chi connectivity index (χ3v) is 10.1. The minimum absolute atomic E-state index is 0.272. The Morgan fingerprint density at radius 1 is 1.13 bits per heavy atom. The van der Waals surface area contributed by atoms with E-state index >= 15 is 0 Å². The number of nitrogens with one attached hydrogen (secondary N) is 1. The molecule has 1 aliphatic carbocycles. The number of pyridine rings is 1. The molecule has 0 saturated heterocycles. The summed E-state index contributed by atoms with van der Waals surface area (Å²) in [6, 6.07) is 16.5. The molecule has 0 amide bonds. The van der Waals surface area contributed by atoms with Gasteiger partial charge in [-0.25, -0.2) is 13.1 Å². The number of alkyl halides is 3. The molecular weight excluding hydrogens is 545 g/mol. The predicted molar refractivity (Wildman–Crippen MR) is 149 cm³/mol. The fourth-order valence-electron chi connectivity index (χ4n) is 4.52. The van der Waals surface area contributed by atoms with Gasteiger partial charge in [0.25, 0.3) is 0 Å². The lowest BCUT2D eigenvalue weighted by Gasteiger charge is -2.26. The molecule has 0 radical (unpaired) electrons. The molecule has 39 heavy (non-hydrogen) atoms. The van der Waals surface area contributed by atoms with Crippen molar-refractivity contribution in [3.8, 4) is 11.3 Å². The Bertz CT molecular complexity index is 1670. The summed E-state index contributed by atoms with van der Waals surface area (Å²) < 4.78 is 70.4. The molecule has 2 atom stereocenters. The molecule has 0 bridgehead atoms. The van der Waals surface area contributed by atoms with Crippen molar-refractivity contribution in [1.29, 1.82) is 0 Å². The van der Waals surface area contributed by atoms with Crippen molar-refractivity contribution in [2.45, 2.75) is 49.8 Å². The van der Waals surface area contributed by atoms with E-state index in [1.165, 1.54) is 23.6 Å². The van der Waals surface area contributed by atoms with E-state index in [4.69, 9.17) is 0 Å². The van der Waals surface area contributed by atoms with Gasteiger partial charge in [-0.15, -0.1) is 11.3 Å². The number of aromatic nitrogens is 1. The van der Waals surface area contributed by atoms with Crippen LogP contribution in [0.3, 0.4) is 0 Å². The molecule has 0 aliphatic heterocycles. The molecule has 2 heterocycles. The maximum absolute atomic E-state index is 13.5. The van der Waals surface area contributed by atoms with Crippen LogP contribution in [0.1, 0.15) is 54.3 Å². The Balaban J connectivity index is 1.65. The molecule has 1 saturated carbocycles. The van der Waals surface area contributed by atoms with Gasteiger partial charge in [-0.05, 0) is 67.0 Å². The lowest BCUT2D eigenvalue weighted by molar-refractivity contribution is -0.258. The smallest absolute Gasteiger partial charge is 0.376 e. The monoisotopic (exact) mass is 572 g/mol. The van der Waals surface area contributed by atoms with E-state index in [1.54, 1.807) is 12.1 Å². The number of allylic oxidation sites excluding steroid dienone is 1. The Hall–Kier alpha value is -3.05. The number of nitrogens with zero attached hydrogens (tertiary/aromatic N) is 1. The van der Waals surface area contributed by atoms with Gasteiger partial charge in [-0.3, -0.25) is 4.98 Å². The predicted octanol–water partition coefficient (Wildman–Crippen LogP) is 6.94.